The molecule has 1 heterocycles. The molecule has 1 aromatic heterocycles. The highest BCUT2D eigenvalue weighted by Gasteiger charge is 2.38. The molecule has 30 heavy (non-hydrogen) atoms. The molecule has 7 heteroatoms. The molecule has 0 bridgehead atoms. The predicted octanol–water partition coefficient (Wildman–Crippen LogP) is 4.99. The van der Waals surface area contributed by atoms with Gasteiger partial charge in [0.25, 0.3) is 5.56 Å². The van der Waals surface area contributed by atoms with Crippen molar-refractivity contribution in [3.8, 4) is 5.88 Å². The second kappa shape index (κ2) is 9.84. The van der Waals surface area contributed by atoms with Gasteiger partial charge in [-0.15, -0.1) is 0 Å². The first-order valence-corrected chi connectivity index (χ1v) is 13.4. The molecular weight excluding hydrogens is 400 g/mol. The average Bonchev–Trinajstić information content (AvgIpc) is 2.78. The third-order valence-electron chi connectivity index (χ3n) is 7.19. The highest BCUT2D eigenvalue weighted by atomic mass is 32.2. The van der Waals surface area contributed by atoms with Crippen LogP contribution in [0.4, 0.5) is 0 Å². The summed E-state index contributed by atoms with van der Waals surface area (Å²) >= 11 is 0. The Morgan fingerprint density at radius 1 is 0.900 bits per heavy atom. The van der Waals surface area contributed by atoms with E-state index in [1.807, 2.05) is 6.92 Å². The third kappa shape index (κ3) is 4.92. The van der Waals surface area contributed by atoms with Gasteiger partial charge in [0.05, 0.1) is 5.25 Å². The van der Waals surface area contributed by atoms with E-state index in [-0.39, 0.29) is 0 Å². The quantitative estimate of drug-likeness (QED) is 0.718. The van der Waals surface area contributed by atoms with Crippen molar-refractivity contribution in [2.75, 3.05) is 0 Å². The van der Waals surface area contributed by atoms with E-state index >= 15 is 0 Å². The van der Waals surface area contributed by atoms with Crippen molar-refractivity contribution in [1.82, 2.24) is 9.55 Å². The van der Waals surface area contributed by atoms with Crippen LogP contribution in [0.25, 0.3) is 0 Å². The van der Waals surface area contributed by atoms with Crippen LogP contribution in [0.15, 0.2) is 9.69 Å². The molecule has 2 fully saturated rings. The first-order chi connectivity index (χ1) is 14.3. The second-order valence-electron chi connectivity index (χ2n) is 9.58. The summed E-state index contributed by atoms with van der Waals surface area (Å²) in [6.45, 7) is 3.74. The number of nitrogens with zero attached hydrogens (tertiary/aromatic N) is 2. The van der Waals surface area contributed by atoms with E-state index in [4.69, 9.17) is 0 Å². The van der Waals surface area contributed by atoms with Crippen molar-refractivity contribution in [1.29, 1.82) is 0 Å². The molecule has 1 N–H and O–H groups in total. The minimum Gasteiger partial charge on any atom is -0.492 e. The zero-order chi connectivity index (χ0) is 21.8. The Bertz CT molecular complexity index is 873. The standard InChI is InChI=1S/C23H38N2O4S/c1-18-24-21(26)20(30(28,29)19-14-10-6-3-4-7-11-15-19)22(27)25(18)23(2)16-12-8-5-9-13-17-23/h19,26H,3-17H2,1-2H3. The summed E-state index contributed by atoms with van der Waals surface area (Å²) in [4.78, 5) is 17.3. The van der Waals surface area contributed by atoms with Crippen molar-refractivity contribution in [3.63, 3.8) is 0 Å². The highest BCUT2D eigenvalue weighted by molar-refractivity contribution is 7.92. The summed E-state index contributed by atoms with van der Waals surface area (Å²) in [5, 5.41) is 9.91. The van der Waals surface area contributed by atoms with E-state index in [9.17, 15) is 18.3 Å². The van der Waals surface area contributed by atoms with Gasteiger partial charge in [0, 0.05) is 5.54 Å². The minimum atomic E-state index is -3.95. The average molecular weight is 439 g/mol. The van der Waals surface area contributed by atoms with Crippen molar-refractivity contribution in [3.05, 3.63) is 16.2 Å². The molecule has 0 saturated heterocycles. The largest absolute Gasteiger partial charge is 0.492 e. The summed E-state index contributed by atoms with van der Waals surface area (Å²) < 4.78 is 28.7. The Kier molecular flexibility index (Phi) is 7.64. The van der Waals surface area contributed by atoms with Crippen LogP contribution in [-0.2, 0) is 15.4 Å². The van der Waals surface area contributed by atoms with Crippen molar-refractivity contribution >= 4 is 9.84 Å². The molecule has 2 aliphatic carbocycles. The number of aryl methyl sites for hydroxylation is 1. The monoisotopic (exact) mass is 438 g/mol. The van der Waals surface area contributed by atoms with Gasteiger partial charge >= 0.3 is 0 Å². The lowest BCUT2D eigenvalue weighted by Crippen LogP contribution is -2.43. The molecule has 0 unspecified atom stereocenters. The van der Waals surface area contributed by atoms with Crippen LogP contribution >= 0.6 is 0 Å². The molecule has 0 aliphatic heterocycles. The van der Waals surface area contributed by atoms with E-state index in [1.54, 1.807) is 11.5 Å². The fourth-order valence-electron chi connectivity index (χ4n) is 5.45. The number of aromatic hydroxyl groups is 1. The van der Waals surface area contributed by atoms with Gasteiger partial charge in [-0.2, -0.15) is 4.98 Å². The number of rotatable bonds is 3. The van der Waals surface area contributed by atoms with Crippen molar-refractivity contribution < 1.29 is 13.5 Å². The van der Waals surface area contributed by atoms with Gasteiger partial charge in [0.2, 0.25) is 5.88 Å². The lowest BCUT2D eigenvalue weighted by molar-refractivity contribution is 0.220. The first-order valence-electron chi connectivity index (χ1n) is 11.8. The third-order valence-corrected chi connectivity index (χ3v) is 9.46. The summed E-state index contributed by atoms with van der Waals surface area (Å²) in [6, 6.07) is 0. The van der Waals surface area contributed by atoms with Gasteiger partial charge in [-0.1, -0.05) is 70.6 Å². The van der Waals surface area contributed by atoms with Gasteiger partial charge in [-0.3, -0.25) is 9.36 Å². The minimum absolute atomic E-state index is 0.397. The molecule has 170 valence electrons. The van der Waals surface area contributed by atoms with Gasteiger partial charge in [-0.25, -0.2) is 8.42 Å². The molecule has 1 aromatic rings. The van der Waals surface area contributed by atoms with Crippen LogP contribution in [-0.4, -0.2) is 28.3 Å². The molecule has 0 radical (unpaired) electrons. The number of aromatic nitrogens is 2. The van der Waals surface area contributed by atoms with E-state index < -0.39 is 37.0 Å². The summed E-state index contributed by atoms with van der Waals surface area (Å²) in [5.41, 5.74) is -1.05. The molecule has 0 atom stereocenters. The Balaban J connectivity index is 2.06. The maximum atomic E-state index is 13.6. The maximum Gasteiger partial charge on any atom is 0.276 e. The van der Waals surface area contributed by atoms with Gasteiger partial charge in [-0.05, 0) is 39.5 Å². The summed E-state index contributed by atoms with van der Waals surface area (Å²) in [7, 11) is -3.95. The molecule has 2 aliphatic rings. The number of hydrogen-bond donors (Lipinski definition) is 1. The Morgan fingerprint density at radius 2 is 1.37 bits per heavy atom. The second-order valence-corrected chi connectivity index (χ2v) is 11.7. The van der Waals surface area contributed by atoms with E-state index in [0.29, 0.717) is 18.7 Å². The Morgan fingerprint density at radius 3 is 1.90 bits per heavy atom. The van der Waals surface area contributed by atoms with E-state index in [1.165, 1.54) is 6.42 Å². The molecule has 0 aromatic carbocycles. The zero-order valence-electron chi connectivity index (χ0n) is 18.7. The zero-order valence-corrected chi connectivity index (χ0v) is 19.5. The Hall–Kier alpha value is -1.37. The molecule has 3 rings (SSSR count). The van der Waals surface area contributed by atoms with Crippen LogP contribution < -0.4 is 5.56 Å². The van der Waals surface area contributed by atoms with Crippen LogP contribution in [0.3, 0.4) is 0 Å². The normalized spacial score (nSPS) is 22.3. The first kappa shape index (κ1) is 23.3. The maximum absolute atomic E-state index is 13.6. The topological polar surface area (TPSA) is 89.3 Å². The fraction of sp³-hybridized carbons (Fsp3) is 0.826. The van der Waals surface area contributed by atoms with E-state index in [0.717, 1.165) is 77.0 Å². The SMILES string of the molecule is Cc1nc(O)c(S(=O)(=O)C2CCCCCCCC2)c(=O)n1C1(C)CCCCCCC1. The van der Waals surface area contributed by atoms with E-state index in [2.05, 4.69) is 4.98 Å². The molecule has 6 nitrogen and oxygen atoms in total. The summed E-state index contributed by atoms with van der Waals surface area (Å²) in [5.74, 6) is -0.225. The molecule has 2 saturated carbocycles. The van der Waals surface area contributed by atoms with Crippen LogP contribution in [0, 0.1) is 6.92 Å². The van der Waals surface area contributed by atoms with Crippen molar-refractivity contribution in [2.45, 2.75) is 126 Å². The lowest BCUT2D eigenvalue weighted by atomic mass is 9.85. The smallest absolute Gasteiger partial charge is 0.276 e. The van der Waals surface area contributed by atoms with Crippen LogP contribution in [0.5, 0.6) is 5.88 Å². The number of hydrogen-bond acceptors (Lipinski definition) is 5. The molecular formula is C23H38N2O4S. The lowest BCUT2D eigenvalue weighted by Gasteiger charge is -2.35. The fourth-order valence-corrected chi connectivity index (χ4v) is 7.37. The molecule has 0 spiro atoms. The number of sulfone groups is 1. The van der Waals surface area contributed by atoms with Gasteiger partial charge in [0.1, 0.15) is 5.82 Å². The van der Waals surface area contributed by atoms with Crippen LogP contribution in [0.1, 0.15) is 109 Å². The highest BCUT2D eigenvalue weighted by Crippen LogP contribution is 2.34. The van der Waals surface area contributed by atoms with Crippen LogP contribution in [0.2, 0.25) is 0 Å². The van der Waals surface area contributed by atoms with Crippen molar-refractivity contribution in [2.24, 2.45) is 0 Å². The Labute approximate surface area is 181 Å². The predicted molar refractivity (Wildman–Crippen MR) is 119 cm³/mol. The molecule has 0 amide bonds. The summed E-state index contributed by atoms with van der Waals surface area (Å²) in [6.07, 6.45) is 14.2. The van der Waals surface area contributed by atoms with Gasteiger partial charge in [0.15, 0.2) is 14.7 Å². The van der Waals surface area contributed by atoms with Gasteiger partial charge < -0.3 is 5.11 Å².